The summed E-state index contributed by atoms with van der Waals surface area (Å²) in [5.41, 5.74) is 7.28. The van der Waals surface area contributed by atoms with Gasteiger partial charge in [0.2, 0.25) is 5.91 Å². The fourth-order valence-electron chi connectivity index (χ4n) is 1.19. The molecule has 0 heterocycles. The van der Waals surface area contributed by atoms with Crippen LogP contribution < -0.4 is 5.73 Å². The van der Waals surface area contributed by atoms with E-state index in [1.54, 1.807) is 6.07 Å². The molecule has 0 aliphatic carbocycles. The van der Waals surface area contributed by atoms with Gasteiger partial charge in [0.15, 0.2) is 0 Å². The monoisotopic (exact) mass is 203 g/mol. The third kappa shape index (κ3) is 3.12. The van der Waals surface area contributed by atoms with Crippen molar-refractivity contribution in [2.45, 2.75) is 13.3 Å². The Kier molecular flexibility index (Phi) is 3.90. The Morgan fingerprint density at radius 1 is 1.53 bits per heavy atom. The number of aliphatic hydroxyl groups excluding tert-OH is 1. The molecule has 1 amide bonds. The zero-order valence-corrected chi connectivity index (χ0v) is 8.58. The van der Waals surface area contributed by atoms with Crippen molar-refractivity contribution in [1.82, 2.24) is 0 Å². The van der Waals surface area contributed by atoms with Crippen LogP contribution >= 0.6 is 0 Å². The minimum Gasteiger partial charge on any atom is -0.395 e. The number of benzene rings is 1. The summed E-state index contributed by atoms with van der Waals surface area (Å²) in [4.78, 5) is 11.0. The van der Waals surface area contributed by atoms with E-state index in [0.29, 0.717) is 12.0 Å². The number of hydrogen-bond donors (Lipinski definition) is 2. The van der Waals surface area contributed by atoms with Crippen LogP contribution in [0.5, 0.6) is 0 Å². The summed E-state index contributed by atoms with van der Waals surface area (Å²) in [5, 5.41) is 8.55. The molecule has 0 saturated carbocycles. The van der Waals surface area contributed by atoms with Crippen LogP contribution in [0.3, 0.4) is 0 Å². The number of nitrogens with two attached hydrogens (primary N) is 1. The number of carbonyl (C=O) groups excluding carboxylic acids is 1. The Labute approximate surface area is 88.9 Å². The molecule has 0 fully saturated rings. The van der Waals surface area contributed by atoms with Crippen molar-refractivity contribution in [3.05, 3.63) is 34.9 Å². The SMILES string of the molecule is Cc1ccc(C#CCCO)cc1C(N)=O. The molecule has 0 unspecified atom stereocenters. The molecule has 3 nitrogen and oxygen atoms in total. The van der Waals surface area contributed by atoms with E-state index >= 15 is 0 Å². The van der Waals surface area contributed by atoms with Crippen LogP contribution in [0.1, 0.15) is 27.9 Å². The lowest BCUT2D eigenvalue weighted by atomic mass is 10.0. The molecule has 1 rings (SSSR count). The molecular formula is C12H13NO2. The Morgan fingerprint density at radius 3 is 2.87 bits per heavy atom. The normalized spacial score (nSPS) is 9.20. The largest absolute Gasteiger partial charge is 0.395 e. The van der Waals surface area contributed by atoms with Gasteiger partial charge in [-0.25, -0.2) is 0 Å². The molecule has 0 saturated heterocycles. The highest BCUT2D eigenvalue weighted by molar-refractivity contribution is 5.94. The Bertz CT molecular complexity index is 427. The first-order valence-corrected chi connectivity index (χ1v) is 4.65. The fraction of sp³-hybridized carbons (Fsp3) is 0.250. The molecule has 0 spiro atoms. The number of aliphatic hydroxyl groups is 1. The smallest absolute Gasteiger partial charge is 0.249 e. The second kappa shape index (κ2) is 5.18. The number of amides is 1. The summed E-state index contributed by atoms with van der Waals surface area (Å²) in [6.45, 7) is 1.87. The molecule has 3 heteroatoms. The van der Waals surface area contributed by atoms with Crippen molar-refractivity contribution in [2.75, 3.05) is 6.61 Å². The lowest BCUT2D eigenvalue weighted by Crippen LogP contribution is -2.12. The zero-order chi connectivity index (χ0) is 11.3. The minimum atomic E-state index is -0.446. The number of aryl methyl sites for hydroxylation is 1. The van der Waals surface area contributed by atoms with E-state index < -0.39 is 5.91 Å². The Hall–Kier alpha value is -1.79. The number of carbonyl (C=O) groups is 1. The highest BCUT2D eigenvalue weighted by Crippen LogP contribution is 2.09. The van der Waals surface area contributed by atoms with Gasteiger partial charge in [-0.1, -0.05) is 17.9 Å². The highest BCUT2D eigenvalue weighted by atomic mass is 16.2. The second-order valence-electron chi connectivity index (χ2n) is 3.17. The van der Waals surface area contributed by atoms with Gasteiger partial charge in [0.1, 0.15) is 0 Å². The molecule has 0 atom stereocenters. The summed E-state index contributed by atoms with van der Waals surface area (Å²) in [5.74, 6) is 5.19. The fourth-order valence-corrected chi connectivity index (χ4v) is 1.19. The number of hydrogen-bond acceptors (Lipinski definition) is 2. The van der Waals surface area contributed by atoms with Crippen LogP contribution in [0.4, 0.5) is 0 Å². The van der Waals surface area contributed by atoms with E-state index in [9.17, 15) is 4.79 Å². The van der Waals surface area contributed by atoms with Gasteiger partial charge in [0.25, 0.3) is 0 Å². The van der Waals surface area contributed by atoms with Crippen LogP contribution in [0.15, 0.2) is 18.2 Å². The van der Waals surface area contributed by atoms with E-state index in [0.717, 1.165) is 11.1 Å². The third-order valence-corrected chi connectivity index (χ3v) is 1.97. The zero-order valence-electron chi connectivity index (χ0n) is 8.58. The second-order valence-corrected chi connectivity index (χ2v) is 3.17. The highest BCUT2D eigenvalue weighted by Gasteiger charge is 2.04. The number of primary amides is 1. The Morgan fingerprint density at radius 2 is 2.27 bits per heavy atom. The molecule has 0 radical (unpaired) electrons. The quantitative estimate of drug-likeness (QED) is 0.699. The van der Waals surface area contributed by atoms with Crippen molar-refractivity contribution < 1.29 is 9.90 Å². The van der Waals surface area contributed by atoms with Gasteiger partial charge >= 0.3 is 0 Å². The van der Waals surface area contributed by atoms with Crippen molar-refractivity contribution in [3.8, 4) is 11.8 Å². The van der Waals surface area contributed by atoms with Crippen LogP contribution in [0.25, 0.3) is 0 Å². The van der Waals surface area contributed by atoms with E-state index in [1.165, 1.54) is 0 Å². The van der Waals surface area contributed by atoms with Crippen molar-refractivity contribution in [1.29, 1.82) is 0 Å². The average molecular weight is 203 g/mol. The Balaban J connectivity index is 2.99. The summed E-state index contributed by atoms with van der Waals surface area (Å²) in [6, 6.07) is 5.30. The van der Waals surface area contributed by atoms with Crippen molar-refractivity contribution in [2.24, 2.45) is 5.73 Å². The summed E-state index contributed by atoms with van der Waals surface area (Å²) in [6.07, 6.45) is 0.430. The molecule has 78 valence electrons. The topological polar surface area (TPSA) is 63.3 Å². The van der Waals surface area contributed by atoms with Crippen LogP contribution in [-0.2, 0) is 0 Å². The van der Waals surface area contributed by atoms with E-state index in [-0.39, 0.29) is 6.61 Å². The van der Waals surface area contributed by atoms with Gasteiger partial charge in [-0.05, 0) is 24.6 Å². The standard InChI is InChI=1S/C12H13NO2/c1-9-5-6-10(4-2-3-7-14)8-11(9)12(13)15/h5-6,8,14H,3,7H2,1H3,(H2,13,15). The first-order chi connectivity index (χ1) is 7.15. The molecule has 1 aromatic rings. The van der Waals surface area contributed by atoms with Gasteiger partial charge in [-0.3, -0.25) is 4.79 Å². The number of rotatable bonds is 2. The molecule has 0 aromatic heterocycles. The van der Waals surface area contributed by atoms with Gasteiger partial charge in [-0.15, -0.1) is 0 Å². The van der Waals surface area contributed by atoms with Gasteiger partial charge < -0.3 is 10.8 Å². The van der Waals surface area contributed by atoms with Gasteiger partial charge in [-0.2, -0.15) is 0 Å². The third-order valence-electron chi connectivity index (χ3n) is 1.97. The molecule has 3 N–H and O–H groups in total. The molecule has 1 aromatic carbocycles. The molecule has 0 bridgehead atoms. The van der Waals surface area contributed by atoms with Crippen LogP contribution in [-0.4, -0.2) is 17.6 Å². The molecule has 0 aliphatic heterocycles. The van der Waals surface area contributed by atoms with E-state index in [4.69, 9.17) is 10.8 Å². The first kappa shape index (κ1) is 11.3. The summed E-state index contributed by atoms with van der Waals surface area (Å²) in [7, 11) is 0. The lowest BCUT2D eigenvalue weighted by molar-refractivity contribution is 0.0999. The van der Waals surface area contributed by atoms with Crippen LogP contribution in [0.2, 0.25) is 0 Å². The first-order valence-electron chi connectivity index (χ1n) is 4.65. The summed E-state index contributed by atoms with van der Waals surface area (Å²) >= 11 is 0. The molecular weight excluding hydrogens is 190 g/mol. The van der Waals surface area contributed by atoms with E-state index in [2.05, 4.69) is 11.8 Å². The van der Waals surface area contributed by atoms with E-state index in [1.807, 2.05) is 19.1 Å². The van der Waals surface area contributed by atoms with Gasteiger partial charge in [0, 0.05) is 17.5 Å². The maximum absolute atomic E-state index is 11.0. The maximum atomic E-state index is 11.0. The van der Waals surface area contributed by atoms with Crippen molar-refractivity contribution in [3.63, 3.8) is 0 Å². The van der Waals surface area contributed by atoms with Crippen LogP contribution in [0, 0.1) is 18.8 Å². The van der Waals surface area contributed by atoms with Crippen molar-refractivity contribution >= 4 is 5.91 Å². The molecule has 0 aliphatic rings. The molecule has 15 heavy (non-hydrogen) atoms. The van der Waals surface area contributed by atoms with Gasteiger partial charge in [0.05, 0.1) is 6.61 Å². The minimum absolute atomic E-state index is 0.0432. The predicted molar refractivity (Wildman–Crippen MR) is 58.3 cm³/mol. The summed E-state index contributed by atoms with van der Waals surface area (Å²) < 4.78 is 0. The average Bonchev–Trinajstić information content (AvgIpc) is 2.20. The maximum Gasteiger partial charge on any atom is 0.249 e. The predicted octanol–water partition coefficient (Wildman–Crippen LogP) is 0.828. The lowest BCUT2D eigenvalue weighted by Gasteiger charge is -2.01.